The van der Waals surface area contributed by atoms with E-state index in [1.807, 2.05) is 30.3 Å². The van der Waals surface area contributed by atoms with Crippen molar-refractivity contribution in [3.63, 3.8) is 0 Å². The van der Waals surface area contributed by atoms with Crippen LogP contribution in [0.3, 0.4) is 0 Å². The van der Waals surface area contributed by atoms with Gasteiger partial charge in [-0.2, -0.15) is 0 Å². The van der Waals surface area contributed by atoms with Crippen LogP contribution in [0.5, 0.6) is 23.0 Å². The van der Waals surface area contributed by atoms with Crippen molar-refractivity contribution in [1.82, 2.24) is 0 Å². The van der Waals surface area contributed by atoms with Crippen molar-refractivity contribution in [2.24, 2.45) is 0 Å². The number of anilines is 1. The van der Waals surface area contributed by atoms with Crippen molar-refractivity contribution >= 4 is 11.6 Å². The molecule has 1 saturated heterocycles. The van der Waals surface area contributed by atoms with E-state index in [9.17, 15) is 4.79 Å². The van der Waals surface area contributed by atoms with E-state index in [4.69, 9.17) is 23.7 Å². The molecule has 2 aliphatic rings. The summed E-state index contributed by atoms with van der Waals surface area (Å²) in [5.74, 6) is 2.48. The molecule has 7 nitrogen and oxygen atoms in total. The summed E-state index contributed by atoms with van der Waals surface area (Å²) in [6, 6.07) is 11.1. The molecule has 0 atom stereocenters. The average molecular weight is 399 g/mol. The summed E-state index contributed by atoms with van der Waals surface area (Å²) in [7, 11) is 3.18. The van der Waals surface area contributed by atoms with Gasteiger partial charge < -0.3 is 29.0 Å². The fraction of sp³-hybridized carbons (Fsp3) is 0.409. The van der Waals surface area contributed by atoms with Gasteiger partial charge in [-0.1, -0.05) is 6.07 Å². The van der Waals surface area contributed by atoms with Crippen LogP contribution < -0.4 is 24.3 Å². The molecule has 0 radical (unpaired) electrons. The Morgan fingerprint density at radius 2 is 1.62 bits per heavy atom. The Hall–Kier alpha value is -2.93. The Kier molecular flexibility index (Phi) is 5.49. The van der Waals surface area contributed by atoms with Crippen LogP contribution in [0.2, 0.25) is 0 Å². The normalized spacial score (nSPS) is 17.3. The van der Waals surface area contributed by atoms with Crippen molar-refractivity contribution in [3.05, 3.63) is 42.0 Å². The smallest absolute Gasteiger partial charge is 0.235 e. The lowest BCUT2D eigenvalue weighted by Gasteiger charge is -2.36. The van der Waals surface area contributed by atoms with Gasteiger partial charge in [0.05, 0.1) is 19.6 Å². The van der Waals surface area contributed by atoms with Crippen LogP contribution in [0.25, 0.3) is 0 Å². The van der Waals surface area contributed by atoms with Crippen LogP contribution in [-0.2, 0) is 14.9 Å². The average Bonchev–Trinajstić information content (AvgIpc) is 2.78. The zero-order valence-corrected chi connectivity index (χ0v) is 16.7. The fourth-order valence-electron chi connectivity index (χ4n) is 3.87. The Balaban J connectivity index is 1.65. The molecular formula is C22H25NO6. The molecule has 1 amide bonds. The minimum absolute atomic E-state index is 0.0790. The van der Waals surface area contributed by atoms with Gasteiger partial charge in [0, 0.05) is 25.0 Å². The minimum Gasteiger partial charge on any atom is -0.493 e. The lowest BCUT2D eigenvalue weighted by molar-refractivity contribution is -0.125. The molecule has 0 unspecified atom stereocenters. The molecule has 2 aromatic carbocycles. The second-order valence-electron chi connectivity index (χ2n) is 7.08. The summed E-state index contributed by atoms with van der Waals surface area (Å²) in [6.07, 6.45) is 1.16. The maximum Gasteiger partial charge on any atom is 0.235 e. The van der Waals surface area contributed by atoms with E-state index in [2.05, 4.69) is 5.32 Å². The maximum atomic E-state index is 13.5. The molecule has 0 saturated carbocycles. The Morgan fingerprint density at radius 1 is 0.897 bits per heavy atom. The van der Waals surface area contributed by atoms with E-state index in [1.165, 1.54) is 0 Å². The SMILES string of the molecule is COc1ccc(C2(C(=O)Nc3ccc4c(c3)OCCO4)CCOCC2)cc1OC. The standard InChI is InChI=1S/C22H25NO6/c1-25-17-5-3-15(13-19(17)26-2)22(7-9-27-10-8-22)21(24)23-16-4-6-18-20(14-16)29-12-11-28-18/h3-6,13-14H,7-12H2,1-2H3,(H,23,24). The summed E-state index contributed by atoms with van der Waals surface area (Å²) in [5.41, 5.74) is 0.838. The second-order valence-corrected chi connectivity index (χ2v) is 7.08. The highest BCUT2D eigenvalue weighted by molar-refractivity contribution is 5.99. The van der Waals surface area contributed by atoms with Gasteiger partial charge in [0.25, 0.3) is 0 Å². The number of hydrogen-bond donors (Lipinski definition) is 1. The molecule has 0 spiro atoms. The van der Waals surface area contributed by atoms with Crippen molar-refractivity contribution in [2.45, 2.75) is 18.3 Å². The summed E-state index contributed by atoms with van der Waals surface area (Å²) in [5, 5.41) is 3.07. The van der Waals surface area contributed by atoms with Crippen LogP contribution in [0.15, 0.2) is 36.4 Å². The lowest BCUT2D eigenvalue weighted by atomic mass is 9.73. The van der Waals surface area contributed by atoms with E-state index in [0.717, 1.165) is 5.56 Å². The molecule has 4 rings (SSSR count). The lowest BCUT2D eigenvalue weighted by Crippen LogP contribution is -2.44. The van der Waals surface area contributed by atoms with Crippen LogP contribution in [-0.4, -0.2) is 46.6 Å². The minimum atomic E-state index is -0.717. The van der Waals surface area contributed by atoms with E-state index in [0.29, 0.717) is 68.0 Å². The molecule has 2 heterocycles. The predicted molar refractivity (Wildman–Crippen MR) is 107 cm³/mol. The highest BCUT2D eigenvalue weighted by atomic mass is 16.6. The molecule has 7 heteroatoms. The largest absolute Gasteiger partial charge is 0.493 e. The fourth-order valence-corrected chi connectivity index (χ4v) is 3.87. The first kappa shape index (κ1) is 19.4. The monoisotopic (exact) mass is 399 g/mol. The number of fused-ring (bicyclic) bond motifs is 1. The zero-order valence-electron chi connectivity index (χ0n) is 16.7. The Labute approximate surface area is 169 Å². The number of carbonyl (C=O) groups is 1. The molecule has 0 bridgehead atoms. The maximum absolute atomic E-state index is 13.5. The Morgan fingerprint density at radius 3 is 2.34 bits per heavy atom. The quantitative estimate of drug-likeness (QED) is 0.833. The summed E-state index contributed by atoms with van der Waals surface area (Å²) >= 11 is 0. The third kappa shape index (κ3) is 3.70. The van der Waals surface area contributed by atoms with Gasteiger partial charge in [0.1, 0.15) is 13.2 Å². The van der Waals surface area contributed by atoms with E-state index in [-0.39, 0.29) is 5.91 Å². The third-order valence-corrected chi connectivity index (χ3v) is 5.52. The molecular weight excluding hydrogens is 374 g/mol. The Bertz CT molecular complexity index is 891. The number of ether oxygens (including phenoxy) is 5. The molecule has 0 aromatic heterocycles. The highest BCUT2D eigenvalue weighted by Crippen LogP contribution is 2.41. The van der Waals surface area contributed by atoms with E-state index < -0.39 is 5.41 Å². The molecule has 29 heavy (non-hydrogen) atoms. The van der Waals surface area contributed by atoms with Crippen LogP contribution in [0.4, 0.5) is 5.69 Å². The van der Waals surface area contributed by atoms with Gasteiger partial charge in [0.2, 0.25) is 5.91 Å². The van der Waals surface area contributed by atoms with Crippen LogP contribution in [0, 0.1) is 0 Å². The van der Waals surface area contributed by atoms with Crippen molar-refractivity contribution < 1.29 is 28.5 Å². The summed E-state index contributed by atoms with van der Waals surface area (Å²) < 4.78 is 27.5. The number of hydrogen-bond acceptors (Lipinski definition) is 6. The molecule has 0 aliphatic carbocycles. The molecule has 1 fully saturated rings. The highest BCUT2D eigenvalue weighted by Gasteiger charge is 2.42. The van der Waals surface area contributed by atoms with Crippen LogP contribution >= 0.6 is 0 Å². The number of nitrogens with one attached hydrogen (secondary N) is 1. The number of rotatable bonds is 5. The molecule has 154 valence electrons. The van der Waals surface area contributed by atoms with E-state index >= 15 is 0 Å². The third-order valence-electron chi connectivity index (χ3n) is 5.52. The summed E-state index contributed by atoms with van der Waals surface area (Å²) in [6.45, 7) is 2.06. The van der Waals surface area contributed by atoms with Gasteiger partial charge in [-0.15, -0.1) is 0 Å². The first-order valence-electron chi connectivity index (χ1n) is 9.67. The van der Waals surface area contributed by atoms with Crippen molar-refractivity contribution in [2.75, 3.05) is 46.0 Å². The number of methoxy groups -OCH3 is 2. The number of benzene rings is 2. The van der Waals surface area contributed by atoms with Gasteiger partial charge >= 0.3 is 0 Å². The van der Waals surface area contributed by atoms with Gasteiger partial charge in [-0.25, -0.2) is 0 Å². The zero-order chi connectivity index (χ0) is 20.3. The van der Waals surface area contributed by atoms with Gasteiger partial charge in [-0.3, -0.25) is 4.79 Å². The van der Waals surface area contributed by atoms with Gasteiger partial charge in [-0.05, 0) is 42.7 Å². The first-order chi connectivity index (χ1) is 14.2. The number of amides is 1. The van der Waals surface area contributed by atoms with E-state index in [1.54, 1.807) is 20.3 Å². The van der Waals surface area contributed by atoms with Crippen molar-refractivity contribution in [3.8, 4) is 23.0 Å². The predicted octanol–water partition coefficient (Wildman–Crippen LogP) is 3.16. The summed E-state index contributed by atoms with van der Waals surface area (Å²) in [4.78, 5) is 13.5. The molecule has 2 aromatic rings. The van der Waals surface area contributed by atoms with Crippen molar-refractivity contribution in [1.29, 1.82) is 0 Å². The first-order valence-corrected chi connectivity index (χ1v) is 9.67. The van der Waals surface area contributed by atoms with Crippen LogP contribution in [0.1, 0.15) is 18.4 Å². The van der Waals surface area contributed by atoms with Gasteiger partial charge in [0.15, 0.2) is 23.0 Å². The molecule has 1 N–H and O–H groups in total. The topological polar surface area (TPSA) is 75.3 Å². The second kappa shape index (κ2) is 8.21. The number of carbonyl (C=O) groups excluding carboxylic acids is 1. The molecule has 2 aliphatic heterocycles.